The van der Waals surface area contributed by atoms with Crippen LogP contribution in [0.15, 0.2) is 74.1 Å². The van der Waals surface area contributed by atoms with E-state index < -0.39 is 0 Å². The number of hydrogen-bond acceptors (Lipinski definition) is 7. The van der Waals surface area contributed by atoms with Gasteiger partial charge in [-0.05, 0) is 62.1 Å². The lowest BCUT2D eigenvalue weighted by Crippen LogP contribution is -2.32. The van der Waals surface area contributed by atoms with Crippen molar-refractivity contribution in [3.05, 3.63) is 72.4 Å². The zero-order valence-corrected chi connectivity index (χ0v) is 19.2. The van der Waals surface area contributed by atoms with Crippen molar-refractivity contribution in [2.75, 3.05) is 5.75 Å². The molecule has 0 radical (unpaired) electrons. The molecule has 3 aromatic heterocycles. The quantitative estimate of drug-likeness (QED) is 0.367. The highest BCUT2D eigenvalue weighted by Gasteiger charge is 2.45. The van der Waals surface area contributed by atoms with Gasteiger partial charge in [0.1, 0.15) is 23.4 Å². The van der Waals surface area contributed by atoms with E-state index in [0.717, 1.165) is 47.9 Å². The highest BCUT2D eigenvalue weighted by Crippen LogP contribution is 2.44. The number of carbonyl (C=O) groups excluding carboxylic acids is 1. The van der Waals surface area contributed by atoms with Crippen molar-refractivity contribution in [3.63, 3.8) is 0 Å². The number of amides is 1. The lowest BCUT2D eigenvalue weighted by molar-refractivity contribution is -0.131. The van der Waals surface area contributed by atoms with E-state index in [1.54, 1.807) is 23.6 Å². The average Bonchev–Trinajstić information content (AvgIpc) is 3.61. The molecule has 9 heteroatoms. The second-order valence-corrected chi connectivity index (χ2v) is 9.03. The second kappa shape index (κ2) is 9.27. The third-order valence-electron chi connectivity index (χ3n) is 5.99. The van der Waals surface area contributed by atoms with Gasteiger partial charge in [-0.15, -0.1) is 16.8 Å². The Balaban J connectivity index is 1.42. The Kier molecular flexibility index (Phi) is 6.04. The number of rotatable bonds is 7. The minimum absolute atomic E-state index is 0.0896. The Morgan fingerprint density at radius 3 is 2.88 bits per heavy atom. The largest absolute Gasteiger partial charge is 0.467 e. The minimum Gasteiger partial charge on any atom is -0.467 e. The van der Waals surface area contributed by atoms with Crippen LogP contribution in [0.2, 0.25) is 0 Å². The van der Waals surface area contributed by atoms with E-state index >= 15 is 0 Å². The van der Waals surface area contributed by atoms with Crippen LogP contribution in [0.3, 0.4) is 0 Å². The number of carbonyl (C=O) groups is 1. The van der Waals surface area contributed by atoms with Crippen LogP contribution in [-0.2, 0) is 11.3 Å². The van der Waals surface area contributed by atoms with E-state index in [0.29, 0.717) is 11.7 Å². The number of nitrogens with zero attached hydrogens (tertiary/aromatic N) is 5. The lowest BCUT2D eigenvalue weighted by Gasteiger charge is -2.27. The molecule has 0 bridgehead atoms. The van der Waals surface area contributed by atoms with E-state index in [2.05, 4.69) is 16.8 Å². The first-order chi connectivity index (χ1) is 16.2. The van der Waals surface area contributed by atoms with Gasteiger partial charge in [-0.25, -0.2) is 5.01 Å². The number of aromatic nitrogens is 3. The summed E-state index contributed by atoms with van der Waals surface area (Å²) in [5.74, 6) is 2.53. The number of fused-ring (bicyclic) bond motifs is 1. The maximum Gasteiger partial charge on any atom is 0.253 e. The van der Waals surface area contributed by atoms with Crippen LogP contribution in [-0.4, -0.2) is 37.1 Å². The van der Waals surface area contributed by atoms with Crippen molar-refractivity contribution < 1.29 is 13.6 Å². The molecule has 8 nitrogen and oxygen atoms in total. The number of allylic oxidation sites excluding steroid dienone is 2. The Hall–Kier alpha value is -3.33. The minimum atomic E-state index is -0.254. The first-order valence-electron chi connectivity index (χ1n) is 11.0. The zero-order valence-electron chi connectivity index (χ0n) is 18.4. The van der Waals surface area contributed by atoms with Crippen LogP contribution < -0.4 is 0 Å². The molecule has 33 heavy (non-hydrogen) atoms. The molecule has 0 N–H and O–H groups in total. The summed E-state index contributed by atoms with van der Waals surface area (Å²) in [5.41, 5.74) is 2.06. The van der Waals surface area contributed by atoms with Crippen molar-refractivity contribution in [2.24, 2.45) is 11.0 Å². The molecular formula is C24H25N5O3S. The Bertz CT molecular complexity index is 1190. The second-order valence-electron chi connectivity index (χ2n) is 8.09. The van der Waals surface area contributed by atoms with Gasteiger partial charge in [0.15, 0.2) is 5.16 Å². The Morgan fingerprint density at radius 1 is 1.27 bits per heavy atom. The van der Waals surface area contributed by atoms with E-state index in [4.69, 9.17) is 13.9 Å². The number of hydrogen-bond donors (Lipinski definition) is 0. The van der Waals surface area contributed by atoms with Gasteiger partial charge in [0, 0.05) is 12.5 Å². The topological polar surface area (TPSA) is 89.7 Å². The van der Waals surface area contributed by atoms with Crippen LogP contribution in [0.1, 0.15) is 42.6 Å². The smallest absolute Gasteiger partial charge is 0.253 e. The molecule has 2 unspecified atom stereocenters. The molecular weight excluding hydrogens is 438 g/mol. The fourth-order valence-corrected chi connectivity index (χ4v) is 5.34. The van der Waals surface area contributed by atoms with Gasteiger partial charge in [0.05, 0.1) is 24.0 Å². The van der Waals surface area contributed by atoms with Crippen molar-refractivity contribution in [1.29, 1.82) is 0 Å². The average molecular weight is 464 g/mol. The van der Waals surface area contributed by atoms with Gasteiger partial charge in [-0.2, -0.15) is 5.10 Å². The van der Waals surface area contributed by atoms with E-state index in [1.807, 2.05) is 41.8 Å². The molecule has 1 aliphatic heterocycles. The van der Waals surface area contributed by atoms with Crippen molar-refractivity contribution in [2.45, 2.75) is 43.9 Å². The molecule has 1 aliphatic carbocycles. The normalized spacial score (nSPS) is 21.3. The fourth-order valence-electron chi connectivity index (χ4n) is 4.49. The first kappa shape index (κ1) is 21.5. The molecule has 1 fully saturated rings. The molecule has 4 heterocycles. The predicted octanol–water partition coefficient (Wildman–Crippen LogP) is 4.87. The van der Waals surface area contributed by atoms with Gasteiger partial charge >= 0.3 is 0 Å². The molecule has 170 valence electrons. The van der Waals surface area contributed by atoms with Crippen LogP contribution in [0, 0.1) is 12.8 Å². The summed E-state index contributed by atoms with van der Waals surface area (Å²) in [7, 11) is 0. The number of aryl methyl sites for hydroxylation is 1. The highest BCUT2D eigenvalue weighted by molar-refractivity contribution is 7.99. The molecule has 1 saturated carbocycles. The van der Waals surface area contributed by atoms with Crippen LogP contribution >= 0.6 is 11.8 Å². The van der Waals surface area contributed by atoms with Crippen molar-refractivity contribution >= 4 is 29.5 Å². The summed E-state index contributed by atoms with van der Waals surface area (Å²) >= 11 is 1.36. The number of hydrazone groups is 1. The summed E-state index contributed by atoms with van der Waals surface area (Å²) in [4.78, 5) is 13.4. The molecule has 2 aliphatic rings. The van der Waals surface area contributed by atoms with Gasteiger partial charge < -0.3 is 13.4 Å². The van der Waals surface area contributed by atoms with Crippen molar-refractivity contribution in [1.82, 2.24) is 19.8 Å². The third-order valence-corrected chi connectivity index (χ3v) is 6.94. The molecule has 0 spiro atoms. The molecule has 0 saturated heterocycles. The molecule has 5 rings (SSSR count). The number of furan rings is 2. The summed E-state index contributed by atoms with van der Waals surface area (Å²) in [6, 6.07) is 7.32. The standard InChI is InChI=1S/C24H25N5O3S/c1-3-11-28-16(2)25-26-24(28)33-15-21(30)29-23(20-10-6-13-32-20)19-9-4-7-17(22(19)27-29)14-18-8-5-12-31-18/h3,5-6,8,10,12-14,19,23H,1,4,7,9,11,15H2,2H3/b17-14+. The SMILES string of the molecule is C=CCn1c(C)nnc1SCC(=O)N1N=C2/C(=C/c3ccco3)CCCC2C1c1ccco1. The highest BCUT2D eigenvalue weighted by atomic mass is 32.2. The molecule has 1 amide bonds. The van der Waals surface area contributed by atoms with Crippen LogP contribution in [0.4, 0.5) is 0 Å². The molecule has 2 atom stereocenters. The monoisotopic (exact) mass is 463 g/mol. The predicted molar refractivity (Wildman–Crippen MR) is 125 cm³/mol. The van der Waals surface area contributed by atoms with Crippen molar-refractivity contribution in [3.8, 4) is 0 Å². The maximum absolute atomic E-state index is 13.4. The van der Waals surface area contributed by atoms with Gasteiger partial charge in [-0.1, -0.05) is 17.8 Å². The zero-order chi connectivity index (χ0) is 22.8. The van der Waals surface area contributed by atoms with E-state index in [-0.39, 0.29) is 23.6 Å². The fraction of sp³-hybridized carbons (Fsp3) is 0.333. The lowest BCUT2D eigenvalue weighted by atomic mass is 9.79. The van der Waals surface area contributed by atoms with E-state index in [9.17, 15) is 4.79 Å². The van der Waals surface area contributed by atoms with Gasteiger partial charge in [0.2, 0.25) is 0 Å². The number of thioether (sulfide) groups is 1. The molecule has 0 aromatic carbocycles. The summed E-state index contributed by atoms with van der Waals surface area (Å²) < 4.78 is 13.2. The Labute approximate surface area is 196 Å². The summed E-state index contributed by atoms with van der Waals surface area (Å²) in [6.45, 7) is 6.27. The third kappa shape index (κ3) is 4.20. The Morgan fingerprint density at radius 2 is 2.12 bits per heavy atom. The van der Waals surface area contributed by atoms with Crippen LogP contribution in [0.25, 0.3) is 6.08 Å². The maximum atomic E-state index is 13.4. The van der Waals surface area contributed by atoms with Crippen LogP contribution in [0.5, 0.6) is 0 Å². The first-order valence-corrected chi connectivity index (χ1v) is 12.0. The van der Waals surface area contributed by atoms with E-state index in [1.165, 1.54) is 11.8 Å². The molecule has 3 aromatic rings. The summed E-state index contributed by atoms with van der Waals surface area (Å²) in [6.07, 6.45) is 10.0. The summed E-state index contributed by atoms with van der Waals surface area (Å²) in [5, 5.41) is 15.5. The van der Waals surface area contributed by atoms with Gasteiger partial charge in [0.25, 0.3) is 5.91 Å². The van der Waals surface area contributed by atoms with Gasteiger partial charge in [-0.3, -0.25) is 4.79 Å².